The highest BCUT2D eigenvalue weighted by Gasteiger charge is 2.57. The summed E-state index contributed by atoms with van der Waals surface area (Å²) >= 11 is 0. The predicted octanol–water partition coefficient (Wildman–Crippen LogP) is 1.89. The lowest BCUT2D eigenvalue weighted by Crippen LogP contribution is -2.46. The van der Waals surface area contributed by atoms with Crippen molar-refractivity contribution in [3.63, 3.8) is 0 Å². The third-order valence-corrected chi connectivity index (χ3v) is 8.80. The number of nitrogens with two attached hydrogens (primary N) is 1. The van der Waals surface area contributed by atoms with Crippen LogP contribution in [0.1, 0.15) is 31.2 Å². The van der Waals surface area contributed by atoms with Crippen molar-refractivity contribution in [1.29, 1.82) is 5.26 Å². The first-order chi connectivity index (χ1) is 16.2. The van der Waals surface area contributed by atoms with Crippen LogP contribution in [0.15, 0.2) is 53.4 Å². The molecule has 2 aromatic carbocycles. The number of benzene rings is 2. The minimum absolute atomic E-state index is 0.0735. The second-order valence-electron chi connectivity index (χ2n) is 9.20. The Kier molecular flexibility index (Phi) is 6.78. The molecule has 4 rings (SSSR count). The molecule has 34 heavy (non-hydrogen) atoms. The molecule has 0 radical (unpaired) electrons. The van der Waals surface area contributed by atoms with Gasteiger partial charge in [0.2, 0.25) is 15.9 Å². The van der Waals surface area contributed by atoms with Gasteiger partial charge in [0.05, 0.1) is 17.0 Å². The molecule has 1 saturated carbocycles. The highest BCUT2D eigenvalue weighted by atomic mass is 32.2. The number of carbonyl (C=O) groups excluding carboxylic acids is 1. The van der Waals surface area contributed by atoms with E-state index in [1.54, 1.807) is 16.4 Å². The number of piperazine rings is 1. The number of nitrogens with one attached hydrogen (secondary N) is 1. The fourth-order valence-electron chi connectivity index (χ4n) is 4.36. The molecule has 3 N–H and O–H groups in total. The highest BCUT2D eigenvalue weighted by molar-refractivity contribution is 7.89. The smallest absolute Gasteiger partial charge is 0.243 e. The molecular weight excluding hydrogens is 450 g/mol. The maximum Gasteiger partial charge on any atom is 0.243 e. The Hall–Kier alpha value is -2.77. The summed E-state index contributed by atoms with van der Waals surface area (Å²) in [6.45, 7) is 4.29. The first kappa shape index (κ1) is 24.4. The normalized spacial score (nSPS) is 24.2. The summed E-state index contributed by atoms with van der Waals surface area (Å²) < 4.78 is 27.4. The summed E-state index contributed by atoms with van der Waals surface area (Å²) in [5, 5.41) is 12.5. The van der Waals surface area contributed by atoms with Gasteiger partial charge in [-0.3, -0.25) is 4.79 Å². The number of amides is 1. The Bertz CT molecular complexity index is 1180. The standard InChI is InChI=1S/C25H31N5O3S/c1-3-23(27)24(31)28-25(17-26)16-22(25)20-6-4-18(5-7-20)19-8-10-21(11-9-19)34(32,33)30-14-12-29(2)13-15-30/h4-11,22-23H,3,12-16,27H2,1-2H3,(H,28,31)/t22-,23+,25+/m1/s1. The largest absolute Gasteiger partial charge is 0.336 e. The van der Waals surface area contributed by atoms with Gasteiger partial charge in [-0.15, -0.1) is 0 Å². The van der Waals surface area contributed by atoms with Crippen molar-refractivity contribution >= 4 is 15.9 Å². The Balaban J connectivity index is 1.45. The van der Waals surface area contributed by atoms with Gasteiger partial charge in [0.25, 0.3) is 0 Å². The zero-order chi connectivity index (χ0) is 24.5. The average molecular weight is 482 g/mol. The lowest BCUT2D eigenvalue weighted by atomic mass is 10.0. The van der Waals surface area contributed by atoms with Gasteiger partial charge in [-0.25, -0.2) is 8.42 Å². The van der Waals surface area contributed by atoms with Crippen LogP contribution in [0.4, 0.5) is 0 Å². The summed E-state index contributed by atoms with van der Waals surface area (Å²) in [7, 11) is -1.50. The zero-order valence-corrected chi connectivity index (χ0v) is 20.4. The van der Waals surface area contributed by atoms with Gasteiger partial charge >= 0.3 is 0 Å². The van der Waals surface area contributed by atoms with Gasteiger partial charge in [0, 0.05) is 32.1 Å². The van der Waals surface area contributed by atoms with E-state index in [1.165, 1.54) is 0 Å². The molecule has 1 amide bonds. The molecule has 2 aliphatic rings. The van der Waals surface area contributed by atoms with Crippen molar-refractivity contribution < 1.29 is 13.2 Å². The third-order valence-electron chi connectivity index (χ3n) is 6.88. The van der Waals surface area contributed by atoms with E-state index in [4.69, 9.17) is 5.73 Å². The maximum atomic E-state index is 12.9. The minimum Gasteiger partial charge on any atom is -0.336 e. The number of likely N-dealkylation sites (N-methyl/N-ethyl adjacent to an activating group) is 1. The topological polar surface area (TPSA) is 120 Å². The molecule has 1 aliphatic carbocycles. The SMILES string of the molecule is CC[C@H](N)C(=O)N[C@]1(C#N)C[C@@H]1c1ccc(-c2ccc(S(=O)(=O)N3CCN(C)CC3)cc2)cc1. The first-order valence-electron chi connectivity index (χ1n) is 11.6. The van der Waals surface area contributed by atoms with E-state index in [2.05, 4.69) is 16.3 Å². The lowest BCUT2D eigenvalue weighted by molar-refractivity contribution is -0.123. The second kappa shape index (κ2) is 9.47. The zero-order valence-electron chi connectivity index (χ0n) is 19.6. The fraction of sp³-hybridized carbons (Fsp3) is 0.440. The Labute approximate surface area is 201 Å². The van der Waals surface area contributed by atoms with Crippen LogP contribution >= 0.6 is 0 Å². The first-order valence-corrected chi connectivity index (χ1v) is 13.0. The summed E-state index contributed by atoms with van der Waals surface area (Å²) in [5.41, 5.74) is 7.74. The Morgan fingerprint density at radius 2 is 1.68 bits per heavy atom. The van der Waals surface area contributed by atoms with Crippen LogP contribution in [0.2, 0.25) is 0 Å². The van der Waals surface area contributed by atoms with Crippen molar-refractivity contribution in [2.24, 2.45) is 5.73 Å². The number of rotatable bonds is 7. The summed E-state index contributed by atoms with van der Waals surface area (Å²) in [6.07, 6.45) is 1.08. The summed E-state index contributed by atoms with van der Waals surface area (Å²) in [4.78, 5) is 14.6. The van der Waals surface area contributed by atoms with Gasteiger partial charge in [-0.2, -0.15) is 9.57 Å². The van der Waals surface area contributed by atoms with Gasteiger partial charge in [0.15, 0.2) is 0 Å². The Morgan fingerprint density at radius 3 is 2.21 bits per heavy atom. The molecular formula is C25H31N5O3S. The number of nitriles is 1. The van der Waals surface area contributed by atoms with Crippen molar-refractivity contribution in [3.05, 3.63) is 54.1 Å². The molecule has 0 aromatic heterocycles. The maximum absolute atomic E-state index is 12.9. The van der Waals surface area contributed by atoms with Crippen LogP contribution in [0.3, 0.4) is 0 Å². The molecule has 0 bridgehead atoms. The predicted molar refractivity (Wildman–Crippen MR) is 130 cm³/mol. The van der Waals surface area contributed by atoms with Gasteiger partial charge in [-0.05, 0) is 48.7 Å². The number of sulfonamides is 1. The molecule has 3 atom stereocenters. The van der Waals surface area contributed by atoms with E-state index in [1.807, 2.05) is 50.4 Å². The monoisotopic (exact) mass is 481 g/mol. The van der Waals surface area contributed by atoms with Crippen molar-refractivity contribution in [2.45, 2.75) is 42.2 Å². The van der Waals surface area contributed by atoms with Crippen LogP contribution in [0.5, 0.6) is 0 Å². The molecule has 1 heterocycles. The fourth-order valence-corrected chi connectivity index (χ4v) is 5.78. The van der Waals surface area contributed by atoms with E-state index < -0.39 is 21.6 Å². The van der Waals surface area contributed by atoms with E-state index in [0.717, 1.165) is 29.8 Å². The van der Waals surface area contributed by atoms with Gasteiger partial charge < -0.3 is 16.0 Å². The third kappa shape index (κ3) is 4.72. The Morgan fingerprint density at radius 1 is 1.12 bits per heavy atom. The second-order valence-corrected chi connectivity index (χ2v) is 11.1. The van der Waals surface area contributed by atoms with Crippen LogP contribution in [0, 0.1) is 11.3 Å². The van der Waals surface area contributed by atoms with Crippen LogP contribution in [-0.4, -0.2) is 68.3 Å². The van der Waals surface area contributed by atoms with Crippen molar-refractivity contribution in [2.75, 3.05) is 33.2 Å². The van der Waals surface area contributed by atoms with Crippen LogP contribution < -0.4 is 11.1 Å². The van der Waals surface area contributed by atoms with E-state index in [0.29, 0.717) is 30.8 Å². The van der Waals surface area contributed by atoms with E-state index in [9.17, 15) is 18.5 Å². The molecule has 0 spiro atoms. The molecule has 9 heteroatoms. The quantitative estimate of drug-likeness (QED) is 0.623. The molecule has 0 unspecified atom stereocenters. The highest BCUT2D eigenvalue weighted by Crippen LogP contribution is 2.51. The molecule has 8 nitrogen and oxygen atoms in total. The molecule has 2 aromatic rings. The summed E-state index contributed by atoms with van der Waals surface area (Å²) in [6, 6.07) is 16.4. The van der Waals surface area contributed by atoms with Crippen molar-refractivity contribution in [3.8, 4) is 17.2 Å². The average Bonchev–Trinajstić information content (AvgIpc) is 3.58. The van der Waals surface area contributed by atoms with Crippen LogP contribution in [-0.2, 0) is 14.8 Å². The number of hydrogen-bond donors (Lipinski definition) is 2. The number of nitrogens with zero attached hydrogens (tertiary/aromatic N) is 3. The lowest BCUT2D eigenvalue weighted by Gasteiger charge is -2.31. The van der Waals surface area contributed by atoms with Gasteiger partial charge in [-0.1, -0.05) is 43.3 Å². The summed E-state index contributed by atoms with van der Waals surface area (Å²) in [5.74, 6) is -0.370. The van der Waals surface area contributed by atoms with Crippen LogP contribution in [0.25, 0.3) is 11.1 Å². The molecule has 180 valence electrons. The van der Waals surface area contributed by atoms with Gasteiger partial charge in [0.1, 0.15) is 5.54 Å². The molecule has 1 aliphatic heterocycles. The van der Waals surface area contributed by atoms with E-state index in [-0.39, 0.29) is 11.8 Å². The molecule has 1 saturated heterocycles. The van der Waals surface area contributed by atoms with Crippen molar-refractivity contribution in [1.82, 2.24) is 14.5 Å². The minimum atomic E-state index is -3.50. The van der Waals surface area contributed by atoms with E-state index >= 15 is 0 Å². The number of carbonyl (C=O) groups is 1. The number of hydrogen-bond acceptors (Lipinski definition) is 6. The molecule has 2 fully saturated rings.